The summed E-state index contributed by atoms with van der Waals surface area (Å²) in [5.41, 5.74) is -4.66. The Morgan fingerprint density at radius 2 is 0.525 bits per heavy atom. The third-order valence-corrected chi connectivity index (χ3v) is 17.3. The van der Waals surface area contributed by atoms with E-state index in [9.17, 15) is 9.59 Å². The third kappa shape index (κ3) is 26.3. The van der Waals surface area contributed by atoms with Crippen LogP contribution in [0.4, 0.5) is 0 Å². The topological polar surface area (TPSA) is 215 Å². The maximum Gasteiger partial charge on any atom is 1.00 e. The van der Waals surface area contributed by atoms with Gasteiger partial charge in [-0.05, 0) is 45.4 Å². The molecule has 1 saturated carbocycles. The molecule has 1 aliphatic rings. The summed E-state index contributed by atoms with van der Waals surface area (Å²) in [7, 11) is -6.34. The van der Waals surface area contributed by atoms with Crippen molar-refractivity contribution in [2.45, 2.75) is 361 Å². The largest absolute Gasteiger partial charge is 1.00 e. The summed E-state index contributed by atoms with van der Waals surface area (Å²) in [5, 5.41) is 0. The zero-order valence-electron chi connectivity index (χ0n) is 52.4. The fourth-order valence-corrected chi connectivity index (χ4v) is 12.1. The van der Waals surface area contributed by atoms with E-state index in [0.29, 0.717) is 44.9 Å². The minimum atomic E-state index is -6.34. The molecule has 0 spiro atoms. The van der Waals surface area contributed by atoms with Gasteiger partial charge >= 0.3 is 76.9 Å². The summed E-state index contributed by atoms with van der Waals surface area (Å²) >= 11 is 0. The zero-order valence-corrected chi connectivity index (χ0v) is 55.3. The molecule has 462 valence electrons. The fraction of sp³-hybridized carbons (Fsp3) is 0.905. The minimum Gasteiger partial charge on any atom is -0.745 e. The van der Waals surface area contributed by atoms with Crippen LogP contribution in [-0.2, 0) is 67.3 Å². The molecule has 0 bridgehead atoms. The predicted molar refractivity (Wildman–Crippen MR) is 309 cm³/mol. The summed E-state index contributed by atoms with van der Waals surface area (Å²) in [6.45, 7) is 16.5. The average molecular weight is 1170 g/mol. The van der Waals surface area contributed by atoms with E-state index in [4.69, 9.17) is 28.4 Å². The molecule has 1 rings (SSSR count). The van der Waals surface area contributed by atoms with Gasteiger partial charge in [0.15, 0.2) is 5.60 Å². The van der Waals surface area contributed by atoms with E-state index >= 15 is 32.1 Å². The maximum atomic E-state index is 15.0. The van der Waals surface area contributed by atoms with Crippen LogP contribution in [-0.4, -0.2) is 70.9 Å². The number of rotatable bonds is 49. The summed E-state index contributed by atoms with van der Waals surface area (Å²) in [4.78, 5) is 85.6. The minimum absolute atomic E-state index is 0. The quantitative estimate of drug-likeness (QED) is 0.0138. The zero-order chi connectivity index (χ0) is 59.1. The Kier molecular flexibility index (Phi) is 42.1. The normalized spacial score (nSPS) is 18.1. The summed E-state index contributed by atoms with van der Waals surface area (Å²) in [6, 6.07) is 0. The van der Waals surface area contributed by atoms with Crippen molar-refractivity contribution in [1.29, 1.82) is 0 Å². The second kappa shape index (κ2) is 43.4. The van der Waals surface area contributed by atoms with Crippen molar-refractivity contribution in [2.24, 2.45) is 5.41 Å². The first-order valence-electron chi connectivity index (χ1n) is 31.9. The Morgan fingerprint density at radius 1 is 0.325 bits per heavy atom. The van der Waals surface area contributed by atoms with Crippen molar-refractivity contribution in [1.82, 2.24) is 0 Å². The molecular formula is C63H113NaO15S. The van der Waals surface area contributed by atoms with E-state index in [0.717, 1.165) is 154 Å². The molecule has 0 radical (unpaired) electrons. The molecule has 0 N–H and O–H groups in total. The Morgan fingerprint density at radius 3 is 0.762 bits per heavy atom. The Labute approximate surface area is 508 Å². The number of esters is 6. The number of unbranched alkanes of at least 4 members (excludes halogenated alkanes) is 30. The van der Waals surface area contributed by atoms with Crippen LogP contribution in [0.2, 0.25) is 0 Å². The number of hydrogen-bond donors (Lipinski definition) is 0. The summed E-state index contributed by atoms with van der Waals surface area (Å²) in [5.74, 6) is -14.4. The van der Waals surface area contributed by atoms with Crippen LogP contribution in [0.3, 0.4) is 0 Å². The van der Waals surface area contributed by atoms with Gasteiger partial charge in [-0.1, -0.05) is 248 Å². The first kappa shape index (κ1) is 77.7. The molecule has 0 heterocycles. The van der Waals surface area contributed by atoms with Crippen molar-refractivity contribution in [3.63, 3.8) is 0 Å². The maximum absolute atomic E-state index is 15.0. The molecule has 0 aromatic carbocycles. The third-order valence-electron chi connectivity index (χ3n) is 16.0. The van der Waals surface area contributed by atoms with E-state index in [2.05, 4.69) is 41.5 Å². The van der Waals surface area contributed by atoms with Crippen molar-refractivity contribution in [3.8, 4) is 0 Å². The first-order valence-corrected chi connectivity index (χ1v) is 33.4. The van der Waals surface area contributed by atoms with Gasteiger partial charge in [-0.15, -0.1) is 0 Å². The number of hydrogen-bond acceptors (Lipinski definition) is 15. The van der Waals surface area contributed by atoms with E-state index in [1.165, 1.54) is 20.8 Å². The van der Waals surface area contributed by atoms with Crippen molar-refractivity contribution >= 4 is 45.9 Å². The molecular weight excluding hydrogens is 1050 g/mol. The van der Waals surface area contributed by atoms with Gasteiger partial charge < -0.3 is 33.0 Å². The van der Waals surface area contributed by atoms with Crippen LogP contribution >= 0.6 is 0 Å². The SMILES string of the molecule is CCCCCCCCC(=O)OC1(C)C(C)(C)CC(OC(=O)CCCCCCCC)(S(=O)(=O)[O-])C(OC(=O)CCCCCCCC)(OC(=O)CCCCCCCC)C1(OC(=O)CCCCCCCC)OC(=O)CCCCCCCC.[Na+]. The van der Waals surface area contributed by atoms with Gasteiger partial charge in [0.25, 0.3) is 4.93 Å². The second-order valence-corrected chi connectivity index (χ2v) is 25.1. The number of carbonyl (C=O) groups is 6. The molecule has 2 unspecified atom stereocenters. The monoisotopic (exact) mass is 1160 g/mol. The Balaban J connectivity index is 0.0000624. The number of carbonyl (C=O) groups excluding carboxylic acids is 6. The van der Waals surface area contributed by atoms with E-state index in [-0.39, 0.29) is 80.9 Å². The van der Waals surface area contributed by atoms with Crippen LogP contribution in [0.25, 0.3) is 0 Å². The van der Waals surface area contributed by atoms with Gasteiger partial charge in [-0.2, -0.15) is 0 Å². The Hall–Kier alpha value is -2.27. The molecule has 0 aliphatic heterocycles. The molecule has 15 nitrogen and oxygen atoms in total. The fourth-order valence-electron chi connectivity index (χ4n) is 10.8. The molecule has 17 heteroatoms. The van der Waals surface area contributed by atoms with Gasteiger partial charge in [0.2, 0.25) is 0 Å². The molecule has 1 fully saturated rings. The molecule has 0 aromatic rings. The summed E-state index contributed by atoms with van der Waals surface area (Å²) < 4.78 is 83.8. The van der Waals surface area contributed by atoms with Gasteiger partial charge in [0, 0.05) is 50.4 Å². The standard InChI is InChI=1S/C63H114O15S.Na/c1-10-16-22-28-34-40-46-53(64)73-60(9)59(7,8)52-61(79(70,71)72,74-54(65)47-41-35-29-23-17-11-2)63(77-57(68)50-44-38-32-26-20-14-5,78-58(69)51-45-39-33-27-21-15-6)62(60,75-55(66)48-42-36-30-24-18-12-3)76-56(67)49-43-37-31-25-19-13-4;/h10-52H2,1-9H3,(H,70,71,72);/q;+1/p-1. The van der Waals surface area contributed by atoms with Gasteiger partial charge in [-0.3, -0.25) is 28.8 Å². The average Bonchev–Trinajstić information content (AvgIpc) is 3.38. The van der Waals surface area contributed by atoms with Gasteiger partial charge in [-0.25, -0.2) is 8.42 Å². The van der Waals surface area contributed by atoms with Crippen LogP contribution < -0.4 is 29.6 Å². The molecule has 0 saturated heterocycles. The number of ether oxygens (including phenoxy) is 6. The predicted octanol–water partition coefficient (Wildman–Crippen LogP) is 13.6. The Bertz CT molecular complexity index is 1780. The second-order valence-electron chi connectivity index (χ2n) is 23.5. The van der Waals surface area contributed by atoms with Crippen molar-refractivity contribution < 1.29 is 99.7 Å². The van der Waals surface area contributed by atoms with Gasteiger partial charge in [0.1, 0.15) is 10.1 Å². The van der Waals surface area contributed by atoms with Gasteiger partial charge in [0.05, 0.1) is 0 Å². The molecule has 80 heavy (non-hydrogen) atoms. The van der Waals surface area contributed by atoms with E-state index in [1.54, 1.807) is 0 Å². The molecule has 2 atom stereocenters. The first-order chi connectivity index (χ1) is 37.7. The van der Waals surface area contributed by atoms with Crippen molar-refractivity contribution in [2.75, 3.05) is 0 Å². The molecule has 0 aromatic heterocycles. The van der Waals surface area contributed by atoms with Crippen LogP contribution in [0.15, 0.2) is 0 Å². The van der Waals surface area contributed by atoms with E-state index < -0.39 is 99.1 Å². The van der Waals surface area contributed by atoms with Crippen LogP contribution in [0.1, 0.15) is 338 Å². The van der Waals surface area contributed by atoms with Crippen molar-refractivity contribution in [3.05, 3.63) is 0 Å². The van der Waals surface area contributed by atoms with E-state index in [1.807, 2.05) is 0 Å². The summed E-state index contributed by atoms with van der Waals surface area (Å²) in [6.07, 6.45) is 23.2. The molecule has 0 amide bonds. The smallest absolute Gasteiger partial charge is 0.745 e. The molecule has 1 aliphatic carbocycles. The van der Waals surface area contributed by atoms with Crippen LogP contribution in [0, 0.1) is 5.41 Å². The van der Waals surface area contributed by atoms with Crippen LogP contribution in [0.5, 0.6) is 0 Å².